The van der Waals surface area contributed by atoms with Gasteiger partial charge in [0.05, 0.1) is 6.04 Å². The normalized spacial score (nSPS) is 16.8. The highest BCUT2D eigenvalue weighted by atomic mass is 19.1. The molecule has 0 radical (unpaired) electrons. The van der Waals surface area contributed by atoms with Crippen LogP contribution in [0.15, 0.2) is 42.5 Å². The highest BCUT2D eigenvalue weighted by Gasteiger charge is 2.21. The molecule has 1 unspecified atom stereocenters. The van der Waals surface area contributed by atoms with Crippen molar-refractivity contribution >= 4 is 5.69 Å². The molecule has 0 saturated heterocycles. The van der Waals surface area contributed by atoms with Crippen molar-refractivity contribution in [2.45, 2.75) is 38.6 Å². The number of hydrogen-bond donors (Lipinski definition) is 1. The minimum atomic E-state index is -0.175. The lowest BCUT2D eigenvalue weighted by atomic mass is 10.0. The van der Waals surface area contributed by atoms with Gasteiger partial charge in [-0.1, -0.05) is 37.6 Å². The van der Waals surface area contributed by atoms with Crippen LogP contribution in [0.25, 0.3) is 0 Å². The molecule has 1 N–H and O–H groups in total. The van der Waals surface area contributed by atoms with Crippen LogP contribution in [0.1, 0.15) is 42.5 Å². The highest BCUT2D eigenvalue weighted by Crippen LogP contribution is 2.34. The molecule has 1 aliphatic heterocycles. The van der Waals surface area contributed by atoms with E-state index in [1.165, 1.54) is 41.8 Å². The topological polar surface area (TPSA) is 12.0 Å². The summed E-state index contributed by atoms with van der Waals surface area (Å²) in [6.45, 7) is 2.22. The van der Waals surface area contributed by atoms with Gasteiger partial charge in [-0.2, -0.15) is 0 Å². The third kappa shape index (κ3) is 2.69. The zero-order valence-electron chi connectivity index (χ0n) is 11.8. The molecule has 3 rings (SSSR count). The Balaban J connectivity index is 1.76. The van der Waals surface area contributed by atoms with E-state index < -0.39 is 0 Å². The van der Waals surface area contributed by atoms with Gasteiger partial charge in [0.15, 0.2) is 0 Å². The molecule has 1 aliphatic rings. The molecule has 1 atom stereocenters. The number of fused-ring (bicyclic) bond motifs is 1. The van der Waals surface area contributed by atoms with Crippen LogP contribution < -0.4 is 5.32 Å². The zero-order chi connectivity index (χ0) is 13.9. The van der Waals surface area contributed by atoms with E-state index in [2.05, 4.69) is 30.4 Å². The molecule has 2 aromatic carbocycles. The van der Waals surface area contributed by atoms with E-state index in [0.717, 1.165) is 18.4 Å². The molecule has 1 nitrogen and oxygen atoms in total. The number of rotatable bonds is 4. The predicted molar refractivity (Wildman–Crippen MR) is 81.5 cm³/mol. The van der Waals surface area contributed by atoms with Gasteiger partial charge in [-0.3, -0.25) is 0 Å². The van der Waals surface area contributed by atoms with Crippen molar-refractivity contribution < 1.29 is 4.39 Å². The number of halogens is 1. The maximum absolute atomic E-state index is 13.0. The zero-order valence-corrected chi connectivity index (χ0v) is 11.8. The van der Waals surface area contributed by atoms with Gasteiger partial charge in [0.1, 0.15) is 5.82 Å². The number of unbranched alkanes of at least 4 members (excludes halogenated alkanes) is 1. The first-order valence-electron chi connectivity index (χ1n) is 7.40. The van der Waals surface area contributed by atoms with Crippen molar-refractivity contribution in [3.63, 3.8) is 0 Å². The van der Waals surface area contributed by atoms with E-state index in [-0.39, 0.29) is 11.9 Å². The van der Waals surface area contributed by atoms with Gasteiger partial charge in [0.25, 0.3) is 0 Å². The van der Waals surface area contributed by atoms with Crippen LogP contribution in [0.5, 0.6) is 0 Å². The molecule has 0 fully saturated rings. The summed E-state index contributed by atoms with van der Waals surface area (Å²) in [5, 5.41) is 3.53. The Labute approximate surface area is 119 Å². The number of nitrogens with one attached hydrogen (secondary N) is 1. The Kier molecular flexibility index (Phi) is 3.72. The molecular weight excluding hydrogens is 249 g/mol. The van der Waals surface area contributed by atoms with Crippen LogP contribution in [-0.4, -0.2) is 0 Å². The Hall–Kier alpha value is -1.83. The van der Waals surface area contributed by atoms with Gasteiger partial charge >= 0.3 is 0 Å². The van der Waals surface area contributed by atoms with Crippen molar-refractivity contribution in [2.75, 3.05) is 5.32 Å². The van der Waals surface area contributed by atoms with Crippen molar-refractivity contribution in [1.82, 2.24) is 0 Å². The van der Waals surface area contributed by atoms with E-state index in [1.807, 2.05) is 12.1 Å². The minimum Gasteiger partial charge on any atom is -0.378 e. The lowest BCUT2D eigenvalue weighted by molar-refractivity contribution is 0.626. The molecule has 104 valence electrons. The second-order valence-electron chi connectivity index (χ2n) is 5.55. The third-order valence-corrected chi connectivity index (χ3v) is 4.01. The van der Waals surface area contributed by atoms with Gasteiger partial charge in [-0.15, -0.1) is 0 Å². The van der Waals surface area contributed by atoms with Gasteiger partial charge in [-0.05, 0) is 54.2 Å². The number of anilines is 1. The molecular formula is C18H20FN. The number of aryl methyl sites for hydroxylation is 1. The van der Waals surface area contributed by atoms with Crippen molar-refractivity contribution in [1.29, 1.82) is 0 Å². The molecule has 0 spiro atoms. The summed E-state index contributed by atoms with van der Waals surface area (Å²) < 4.78 is 13.0. The summed E-state index contributed by atoms with van der Waals surface area (Å²) in [5.74, 6) is -0.175. The third-order valence-electron chi connectivity index (χ3n) is 4.01. The summed E-state index contributed by atoms with van der Waals surface area (Å²) in [5.41, 5.74) is 5.18. The SMILES string of the molecule is CCCCc1ccc2c(c1)CC(c1ccc(F)cc1)N2. The van der Waals surface area contributed by atoms with Gasteiger partial charge in [-0.25, -0.2) is 4.39 Å². The summed E-state index contributed by atoms with van der Waals surface area (Å²) in [4.78, 5) is 0. The lowest BCUT2D eigenvalue weighted by Crippen LogP contribution is -2.05. The van der Waals surface area contributed by atoms with Crippen molar-refractivity contribution in [3.05, 3.63) is 65.0 Å². The van der Waals surface area contributed by atoms with Gasteiger partial charge < -0.3 is 5.32 Å². The Morgan fingerprint density at radius 1 is 1.15 bits per heavy atom. The van der Waals surface area contributed by atoms with E-state index >= 15 is 0 Å². The number of benzene rings is 2. The van der Waals surface area contributed by atoms with E-state index in [0.29, 0.717) is 0 Å². The Bertz CT molecular complexity index is 589. The molecule has 0 saturated carbocycles. The number of hydrogen-bond acceptors (Lipinski definition) is 1. The van der Waals surface area contributed by atoms with Crippen LogP contribution in [-0.2, 0) is 12.8 Å². The van der Waals surface area contributed by atoms with Crippen LogP contribution >= 0.6 is 0 Å². The molecule has 0 bridgehead atoms. The second kappa shape index (κ2) is 5.66. The molecule has 20 heavy (non-hydrogen) atoms. The first-order chi connectivity index (χ1) is 9.76. The first kappa shape index (κ1) is 13.2. The largest absolute Gasteiger partial charge is 0.378 e. The van der Waals surface area contributed by atoms with E-state index in [4.69, 9.17) is 0 Å². The fourth-order valence-corrected chi connectivity index (χ4v) is 2.85. The summed E-state index contributed by atoms with van der Waals surface area (Å²) in [6.07, 6.45) is 4.62. The maximum Gasteiger partial charge on any atom is 0.123 e. The molecule has 0 aromatic heterocycles. The van der Waals surface area contributed by atoms with Gasteiger partial charge in [0.2, 0.25) is 0 Å². The molecule has 1 heterocycles. The Morgan fingerprint density at radius 3 is 2.70 bits per heavy atom. The average Bonchev–Trinajstić information content (AvgIpc) is 2.89. The average molecular weight is 269 g/mol. The minimum absolute atomic E-state index is 0.175. The van der Waals surface area contributed by atoms with Crippen molar-refractivity contribution in [2.24, 2.45) is 0 Å². The lowest BCUT2D eigenvalue weighted by Gasteiger charge is -2.11. The monoisotopic (exact) mass is 269 g/mol. The van der Waals surface area contributed by atoms with Crippen LogP contribution in [0.2, 0.25) is 0 Å². The Morgan fingerprint density at radius 2 is 1.95 bits per heavy atom. The maximum atomic E-state index is 13.0. The van der Waals surface area contributed by atoms with Crippen molar-refractivity contribution in [3.8, 4) is 0 Å². The predicted octanol–water partition coefficient (Wildman–Crippen LogP) is 4.88. The van der Waals surface area contributed by atoms with Crippen LogP contribution in [0.4, 0.5) is 10.1 Å². The van der Waals surface area contributed by atoms with E-state index in [1.54, 1.807) is 0 Å². The van der Waals surface area contributed by atoms with Crippen LogP contribution in [0, 0.1) is 5.82 Å². The molecule has 0 aliphatic carbocycles. The molecule has 0 amide bonds. The molecule has 2 heteroatoms. The first-order valence-corrected chi connectivity index (χ1v) is 7.40. The second-order valence-corrected chi connectivity index (χ2v) is 5.55. The van der Waals surface area contributed by atoms with E-state index in [9.17, 15) is 4.39 Å². The van der Waals surface area contributed by atoms with Gasteiger partial charge in [0, 0.05) is 5.69 Å². The van der Waals surface area contributed by atoms with Crippen LogP contribution in [0.3, 0.4) is 0 Å². The standard InChI is InChI=1S/C18H20FN/c1-2-3-4-13-5-10-17-15(11-13)12-18(20-17)14-6-8-16(19)9-7-14/h5-11,18,20H,2-4,12H2,1H3. The fourth-order valence-electron chi connectivity index (χ4n) is 2.85. The molecule has 2 aromatic rings. The quantitative estimate of drug-likeness (QED) is 0.834. The summed E-state index contributed by atoms with van der Waals surface area (Å²) in [7, 11) is 0. The fraction of sp³-hybridized carbons (Fsp3) is 0.333. The summed E-state index contributed by atoms with van der Waals surface area (Å²) in [6, 6.07) is 13.8. The summed E-state index contributed by atoms with van der Waals surface area (Å²) >= 11 is 0. The highest BCUT2D eigenvalue weighted by molar-refractivity contribution is 5.59. The smallest absolute Gasteiger partial charge is 0.123 e.